The van der Waals surface area contributed by atoms with Gasteiger partial charge in [0.05, 0.1) is 12.2 Å². The van der Waals surface area contributed by atoms with E-state index in [0.29, 0.717) is 17.1 Å². The first-order valence-electron chi connectivity index (χ1n) is 7.60. The van der Waals surface area contributed by atoms with Gasteiger partial charge in [-0.05, 0) is 42.5 Å². The number of rotatable bonds is 5. The summed E-state index contributed by atoms with van der Waals surface area (Å²) in [6.45, 7) is 1.60. The van der Waals surface area contributed by atoms with Crippen LogP contribution in [-0.4, -0.2) is 16.4 Å². The fraction of sp³-hybridized carbons (Fsp3) is 0.111. The third-order valence-electron chi connectivity index (χ3n) is 3.48. The van der Waals surface area contributed by atoms with Gasteiger partial charge in [0.2, 0.25) is 5.91 Å². The lowest BCUT2D eigenvalue weighted by molar-refractivity contribution is -0.119. The highest BCUT2D eigenvalue weighted by Gasteiger charge is 2.13. The minimum Gasteiger partial charge on any atom is -0.454 e. The minimum absolute atomic E-state index is 0.104. The Balaban J connectivity index is 1.73. The number of nitrogens with one attached hydrogen (secondary N) is 2. The van der Waals surface area contributed by atoms with Crippen molar-refractivity contribution < 1.29 is 18.4 Å². The zero-order valence-corrected chi connectivity index (χ0v) is 13.5. The molecule has 2 aromatic heterocycles. The summed E-state index contributed by atoms with van der Waals surface area (Å²) in [4.78, 5) is 23.1. The monoisotopic (exact) mass is 341 g/mol. The van der Waals surface area contributed by atoms with Gasteiger partial charge in [-0.2, -0.15) is 0 Å². The zero-order valence-electron chi connectivity index (χ0n) is 13.5. The van der Waals surface area contributed by atoms with Crippen LogP contribution in [0.2, 0.25) is 0 Å². The Morgan fingerprint density at radius 2 is 1.92 bits per heavy atom. The first kappa shape index (κ1) is 16.5. The summed E-state index contributed by atoms with van der Waals surface area (Å²) in [5.41, 5.74) is 0.767. The van der Waals surface area contributed by atoms with Crippen LogP contribution in [0.15, 0.2) is 59.3 Å². The van der Waals surface area contributed by atoms with E-state index in [-0.39, 0.29) is 18.2 Å². The third-order valence-corrected chi connectivity index (χ3v) is 3.48. The second-order valence-corrected chi connectivity index (χ2v) is 5.39. The summed E-state index contributed by atoms with van der Waals surface area (Å²) in [6, 6.07) is 11.0. The normalized spacial score (nSPS) is 10.5. The molecule has 3 rings (SSSR count). The van der Waals surface area contributed by atoms with Gasteiger partial charge in [0.15, 0.2) is 5.76 Å². The number of nitrogens with zero attached hydrogens (tertiary/aromatic N) is 1. The largest absolute Gasteiger partial charge is 0.454 e. The number of hydrogen-bond acceptors (Lipinski definition) is 3. The molecule has 0 atom stereocenters. The maximum absolute atomic E-state index is 14.0. The molecule has 0 saturated carbocycles. The fourth-order valence-corrected chi connectivity index (χ4v) is 2.28. The Labute approximate surface area is 143 Å². The highest BCUT2D eigenvalue weighted by molar-refractivity contribution is 6.02. The molecule has 6 nitrogen and oxygen atoms in total. The van der Waals surface area contributed by atoms with E-state index in [2.05, 4.69) is 10.6 Å². The molecular weight excluding hydrogens is 325 g/mol. The lowest BCUT2D eigenvalue weighted by Gasteiger charge is -2.08. The topological polar surface area (TPSA) is 76.3 Å². The molecule has 0 aliphatic carbocycles. The van der Waals surface area contributed by atoms with Crippen LogP contribution in [0.4, 0.5) is 10.1 Å². The second-order valence-electron chi connectivity index (χ2n) is 5.39. The molecule has 3 aromatic rings. The maximum Gasteiger partial charge on any atom is 0.291 e. The van der Waals surface area contributed by atoms with Crippen LogP contribution < -0.4 is 10.6 Å². The van der Waals surface area contributed by atoms with Crippen molar-refractivity contribution in [3.8, 4) is 5.69 Å². The van der Waals surface area contributed by atoms with Crippen LogP contribution in [0.3, 0.4) is 0 Å². The van der Waals surface area contributed by atoms with Crippen molar-refractivity contribution >= 4 is 17.5 Å². The predicted molar refractivity (Wildman–Crippen MR) is 89.9 cm³/mol. The summed E-state index contributed by atoms with van der Waals surface area (Å²) in [6.07, 6.45) is 3.43. The Hall–Kier alpha value is -3.35. The predicted octanol–water partition coefficient (Wildman–Crippen LogP) is 3.10. The smallest absolute Gasteiger partial charge is 0.291 e. The number of aromatic nitrogens is 1. The van der Waals surface area contributed by atoms with Crippen molar-refractivity contribution in [3.05, 3.63) is 72.2 Å². The Bertz CT molecular complexity index is 900. The van der Waals surface area contributed by atoms with Crippen LogP contribution in [0.1, 0.15) is 23.2 Å². The van der Waals surface area contributed by atoms with Gasteiger partial charge in [0.1, 0.15) is 11.6 Å². The summed E-state index contributed by atoms with van der Waals surface area (Å²) >= 11 is 0. The fourth-order valence-electron chi connectivity index (χ4n) is 2.28. The lowest BCUT2D eigenvalue weighted by atomic mass is 10.2. The van der Waals surface area contributed by atoms with Crippen LogP contribution in [0, 0.1) is 5.82 Å². The second kappa shape index (κ2) is 7.04. The number of amides is 2. The molecule has 0 saturated heterocycles. The van der Waals surface area contributed by atoms with Crippen molar-refractivity contribution in [2.45, 2.75) is 13.5 Å². The number of carbonyl (C=O) groups is 2. The SMILES string of the molecule is CC(=O)NCc1ccc(C(=O)Nc2ccc(F)c(-n3cccc3)c2)o1. The van der Waals surface area contributed by atoms with E-state index in [1.807, 2.05) is 0 Å². The van der Waals surface area contributed by atoms with E-state index in [0.717, 1.165) is 0 Å². The number of carbonyl (C=O) groups excluding carboxylic acids is 2. The molecule has 0 bridgehead atoms. The van der Waals surface area contributed by atoms with E-state index in [4.69, 9.17) is 4.42 Å². The van der Waals surface area contributed by atoms with E-state index >= 15 is 0 Å². The minimum atomic E-state index is -0.459. The number of hydrogen-bond donors (Lipinski definition) is 2. The van der Waals surface area contributed by atoms with E-state index < -0.39 is 11.7 Å². The van der Waals surface area contributed by atoms with Gasteiger partial charge in [-0.1, -0.05) is 0 Å². The Kier molecular flexibility index (Phi) is 4.65. The first-order valence-corrected chi connectivity index (χ1v) is 7.60. The van der Waals surface area contributed by atoms with Crippen LogP contribution in [0.5, 0.6) is 0 Å². The summed E-state index contributed by atoms with van der Waals surface area (Å²) in [5.74, 6) is -0.477. The summed E-state index contributed by atoms with van der Waals surface area (Å²) in [5, 5.41) is 5.25. The van der Waals surface area contributed by atoms with Gasteiger partial charge >= 0.3 is 0 Å². The third kappa shape index (κ3) is 3.95. The Morgan fingerprint density at radius 3 is 2.64 bits per heavy atom. The number of anilines is 1. The molecule has 0 radical (unpaired) electrons. The van der Waals surface area contributed by atoms with Gasteiger partial charge in [-0.15, -0.1) is 0 Å². The molecule has 2 heterocycles. The average molecular weight is 341 g/mol. The first-order chi connectivity index (χ1) is 12.0. The highest BCUT2D eigenvalue weighted by atomic mass is 19.1. The van der Waals surface area contributed by atoms with Gasteiger partial charge in [-0.3, -0.25) is 9.59 Å². The number of furan rings is 1. The van der Waals surface area contributed by atoms with Crippen molar-refractivity contribution in [2.75, 3.05) is 5.32 Å². The van der Waals surface area contributed by atoms with Crippen molar-refractivity contribution in [1.82, 2.24) is 9.88 Å². The van der Waals surface area contributed by atoms with E-state index in [9.17, 15) is 14.0 Å². The molecule has 2 amide bonds. The molecule has 1 aromatic carbocycles. The van der Waals surface area contributed by atoms with Crippen LogP contribution in [0.25, 0.3) is 5.69 Å². The van der Waals surface area contributed by atoms with Crippen molar-refractivity contribution in [2.24, 2.45) is 0 Å². The quantitative estimate of drug-likeness (QED) is 0.749. The average Bonchev–Trinajstić information content (AvgIpc) is 3.26. The van der Waals surface area contributed by atoms with Gasteiger partial charge in [-0.25, -0.2) is 4.39 Å². The van der Waals surface area contributed by atoms with E-state index in [1.165, 1.54) is 31.2 Å². The molecule has 25 heavy (non-hydrogen) atoms. The van der Waals surface area contributed by atoms with E-state index in [1.54, 1.807) is 35.2 Å². The number of halogens is 1. The molecule has 0 spiro atoms. The Morgan fingerprint density at radius 1 is 1.16 bits per heavy atom. The molecule has 0 aliphatic heterocycles. The van der Waals surface area contributed by atoms with Crippen molar-refractivity contribution in [3.63, 3.8) is 0 Å². The summed E-state index contributed by atoms with van der Waals surface area (Å²) in [7, 11) is 0. The van der Waals surface area contributed by atoms with Crippen LogP contribution in [-0.2, 0) is 11.3 Å². The standard InChI is InChI=1S/C18H16FN3O3/c1-12(23)20-11-14-5-7-17(25-14)18(24)21-13-4-6-15(19)16(10-13)22-8-2-3-9-22/h2-10H,11H2,1H3,(H,20,23)(H,21,24). The molecular formula is C18H16FN3O3. The van der Waals surface area contributed by atoms with Gasteiger partial charge < -0.3 is 19.6 Å². The highest BCUT2D eigenvalue weighted by Crippen LogP contribution is 2.20. The zero-order chi connectivity index (χ0) is 17.8. The molecule has 2 N–H and O–H groups in total. The molecule has 0 fully saturated rings. The number of benzene rings is 1. The van der Waals surface area contributed by atoms with Crippen LogP contribution >= 0.6 is 0 Å². The molecule has 7 heteroatoms. The van der Waals surface area contributed by atoms with Crippen molar-refractivity contribution in [1.29, 1.82) is 0 Å². The molecule has 0 unspecified atom stereocenters. The summed E-state index contributed by atoms with van der Waals surface area (Å²) < 4.78 is 21.0. The molecule has 128 valence electrons. The van der Waals surface area contributed by atoms with Gasteiger partial charge in [0.25, 0.3) is 5.91 Å². The maximum atomic E-state index is 14.0. The lowest BCUT2D eigenvalue weighted by Crippen LogP contribution is -2.18. The van der Waals surface area contributed by atoms with Gasteiger partial charge in [0, 0.05) is 25.0 Å². The molecule has 0 aliphatic rings.